The fourth-order valence-electron chi connectivity index (χ4n) is 0.989. The van der Waals surface area contributed by atoms with Crippen LogP contribution in [0.2, 0.25) is 0 Å². The van der Waals surface area contributed by atoms with Crippen LogP contribution in [0.1, 0.15) is 12.8 Å². The Bertz CT molecular complexity index is 77.1. The van der Waals surface area contributed by atoms with Crippen LogP contribution in [0.4, 0.5) is 0 Å². The molecule has 1 rings (SSSR count). The molecule has 0 bridgehead atoms. The molecule has 0 saturated carbocycles. The minimum absolute atomic E-state index is 0.127. The normalized spacial score (nSPS) is 38.0. The van der Waals surface area contributed by atoms with E-state index in [-0.39, 0.29) is 12.1 Å². The van der Waals surface area contributed by atoms with Gasteiger partial charge in [0.1, 0.15) is 0 Å². The Morgan fingerprint density at radius 1 is 1.56 bits per heavy atom. The smallest absolute Gasteiger partial charge is 0.0788 e. The molecule has 0 aliphatic carbocycles. The SMILES string of the molecule is N[C@H]1CCOC[C@@H](O)C1. The molecule has 0 spiro atoms. The van der Waals surface area contributed by atoms with Crippen LogP contribution in [0.5, 0.6) is 0 Å². The Hall–Kier alpha value is -0.120. The average molecular weight is 131 g/mol. The Morgan fingerprint density at radius 2 is 2.33 bits per heavy atom. The summed E-state index contributed by atoms with van der Waals surface area (Å²) in [5.41, 5.74) is 5.59. The minimum atomic E-state index is -0.345. The van der Waals surface area contributed by atoms with Gasteiger partial charge in [0.15, 0.2) is 0 Å². The monoisotopic (exact) mass is 131 g/mol. The van der Waals surface area contributed by atoms with Crippen LogP contribution in [-0.4, -0.2) is 30.5 Å². The lowest BCUT2D eigenvalue weighted by Gasteiger charge is -2.08. The van der Waals surface area contributed by atoms with Crippen LogP contribution in [-0.2, 0) is 4.74 Å². The third-order valence-corrected chi connectivity index (χ3v) is 1.52. The zero-order valence-corrected chi connectivity index (χ0v) is 5.42. The fraction of sp³-hybridized carbons (Fsp3) is 1.00. The topological polar surface area (TPSA) is 55.5 Å². The molecule has 1 aliphatic heterocycles. The molecule has 0 amide bonds. The summed E-state index contributed by atoms with van der Waals surface area (Å²) in [5, 5.41) is 9.05. The summed E-state index contributed by atoms with van der Waals surface area (Å²) in [4.78, 5) is 0. The van der Waals surface area contributed by atoms with Crippen molar-refractivity contribution in [3.05, 3.63) is 0 Å². The summed E-state index contributed by atoms with van der Waals surface area (Å²) in [7, 11) is 0. The van der Waals surface area contributed by atoms with Crippen LogP contribution in [0, 0.1) is 0 Å². The van der Waals surface area contributed by atoms with Crippen molar-refractivity contribution < 1.29 is 9.84 Å². The molecular weight excluding hydrogens is 118 g/mol. The van der Waals surface area contributed by atoms with E-state index >= 15 is 0 Å². The zero-order chi connectivity index (χ0) is 6.69. The first kappa shape index (κ1) is 6.99. The summed E-state index contributed by atoms with van der Waals surface area (Å²) >= 11 is 0. The van der Waals surface area contributed by atoms with Crippen LogP contribution in [0.25, 0.3) is 0 Å². The van der Waals surface area contributed by atoms with Crippen LogP contribution in [0.15, 0.2) is 0 Å². The molecule has 1 fully saturated rings. The predicted molar refractivity (Wildman–Crippen MR) is 34.0 cm³/mol. The van der Waals surface area contributed by atoms with Gasteiger partial charge in [0.25, 0.3) is 0 Å². The third kappa shape index (κ3) is 2.30. The highest BCUT2D eigenvalue weighted by molar-refractivity contribution is 4.69. The Kier molecular flexibility index (Phi) is 2.45. The fourth-order valence-corrected chi connectivity index (χ4v) is 0.989. The average Bonchev–Trinajstić information content (AvgIpc) is 1.93. The van der Waals surface area contributed by atoms with E-state index in [4.69, 9.17) is 15.6 Å². The number of nitrogens with two attached hydrogens (primary N) is 1. The van der Waals surface area contributed by atoms with Gasteiger partial charge in [0, 0.05) is 12.6 Å². The van der Waals surface area contributed by atoms with Gasteiger partial charge in [-0.2, -0.15) is 0 Å². The minimum Gasteiger partial charge on any atom is -0.391 e. The quantitative estimate of drug-likeness (QED) is 0.465. The van der Waals surface area contributed by atoms with Gasteiger partial charge in [-0.1, -0.05) is 0 Å². The number of aliphatic hydroxyl groups is 1. The number of hydrogen-bond donors (Lipinski definition) is 2. The van der Waals surface area contributed by atoms with Crippen molar-refractivity contribution in [3.8, 4) is 0 Å². The summed E-state index contributed by atoms with van der Waals surface area (Å²) in [6.07, 6.45) is 1.21. The molecule has 54 valence electrons. The molecule has 2 atom stereocenters. The van der Waals surface area contributed by atoms with Crippen molar-refractivity contribution in [2.75, 3.05) is 13.2 Å². The van der Waals surface area contributed by atoms with E-state index in [1.807, 2.05) is 0 Å². The van der Waals surface area contributed by atoms with E-state index in [1.54, 1.807) is 0 Å². The van der Waals surface area contributed by atoms with E-state index in [0.29, 0.717) is 19.6 Å². The summed E-state index contributed by atoms with van der Waals surface area (Å²) in [6, 6.07) is 0.127. The van der Waals surface area contributed by atoms with Gasteiger partial charge in [0.2, 0.25) is 0 Å². The van der Waals surface area contributed by atoms with Crippen LogP contribution in [0.3, 0.4) is 0 Å². The van der Waals surface area contributed by atoms with Crippen molar-refractivity contribution in [2.45, 2.75) is 25.0 Å². The maximum Gasteiger partial charge on any atom is 0.0788 e. The highest BCUT2D eigenvalue weighted by Gasteiger charge is 2.14. The second-order valence-corrected chi connectivity index (χ2v) is 2.51. The number of hydrogen-bond acceptors (Lipinski definition) is 3. The second-order valence-electron chi connectivity index (χ2n) is 2.51. The van der Waals surface area contributed by atoms with E-state index in [9.17, 15) is 0 Å². The summed E-state index contributed by atoms with van der Waals surface area (Å²) in [6.45, 7) is 1.14. The van der Waals surface area contributed by atoms with Crippen molar-refractivity contribution in [3.63, 3.8) is 0 Å². The van der Waals surface area contributed by atoms with E-state index in [2.05, 4.69) is 0 Å². The largest absolute Gasteiger partial charge is 0.391 e. The van der Waals surface area contributed by atoms with E-state index in [0.717, 1.165) is 6.42 Å². The summed E-state index contributed by atoms with van der Waals surface area (Å²) in [5.74, 6) is 0. The molecule has 3 N–H and O–H groups in total. The molecule has 0 aromatic rings. The standard InChI is InChI=1S/C6H13NO2/c7-5-1-2-9-4-6(8)3-5/h5-6,8H,1-4,7H2/t5-,6-/m0/s1. The number of ether oxygens (including phenoxy) is 1. The van der Waals surface area contributed by atoms with Gasteiger partial charge in [-0.05, 0) is 12.8 Å². The van der Waals surface area contributed by atoms with Crippen molar-refractivity contribution >= 4 is 0 Å². The molecule has 0 radical (unpaired) electrons. The zero-order valence-electron chi connectivity index (χ0n) is 5.42. The molecule has 0 aromatic carbocycles. The van der Waals surface area contributed by atoms with Gasteiger partial charge in [-0.15, -0.1) is 0 Å². The van der Waals surface area contributed by atoms with Gasteiger partial charge in [-0.3, -0.25) is 0 Å². The highest BCUT2D eigenvalue weighted by Crippen LogP contribution is 2.05. The first-order valence-electron chi connectivity index (χ1n) is 3.30. The molecule has 1 saturated heterocycles. The lowest BCUT2D eigenvalue weighted by atomic mass is 10.1. The van der Waals surface area contributed by atoms with Crippen LogP contribution < -0.4 is 5.73 Å². The van der Waals surface area contributed by atoms with E-state index < -0.39 is 0 Å². The van der Waals surface area contributed by atoms with Gasteiger partial charge in [0.05, 0.1) is 12.7 Å². The maximum atomic E-state index is 9.05. The molecule has 0 unspecified atom stereocenters. The van der Waals surface area contributed by atoms with Crippen molar-refractivity contribution in [2.24, 2.45) is 5.73 Å². The first-order chi connectivity index (χ1) is 4.29. The molecule has 1 heterocycles. The van der Waals surface area contributed by atoms with Crippen molar-refractivity contribution in [1.82, 2.24) is 0 Å². The number of aliphatic hydroxyl groups excluding tert-OH is 1. The Labute approximate surface area is 54.8 Å². The van der Waals surface area contributed by atoms with Crippen LogP contribution >= 0.6 is 0 Å². The molecule has 9 heavy (non-hydrogen) atoms. The number of rotatable bonds is 0. The van der Waals surface area contributed by atoms with Gasteiger partial charge >= 0.3 is 0 Å². The predicted octanol–water partition coefficient (Wildman–Crippen LogP) is -0.515. The Morgan fingerprint density at radius 3 is 3.11 bits per heavy atom. The molecule has 1 aliphatic rings. The maximum absolute atomic E-state index is 9.05. The first-order valence-corrected chi connectivity index (χ1v) is 3.30. The summed E-state index contributed by atoms with van der Waals surface area (Å²) < 4.78 is 5.05. The van der Waals surface area contributed by atoms with E-state index in [1.165, 1.54) is 0 Å². The van der Waals surface area contributed by atoms with Gasteiger partial charge in [-0.25, -0.2) is 0 Å². The second kappa shape index (κ2) is 3.15. The third-order valence-electron chi connectivity index (χ3n) is 1.52. The highest BCUT2D eigenvalue weighted by atomic mass is 16.5. The molecule has 0 aromatic heterocycles. The lowest BCUT2D eigenvalue weighted by Crippen LogP contribution is -2.25. The molecule has 3 nitrogen and oxygen atoms in total. The molecular formula is C6H13NO2. The lowest BCUT2D eigenvalue weighted by molar-refractivity contribution is 0.0510. The Balaban J connectivity index is 2.29. The van der Waals surface area contributed by atoms with Crippen molar-refractivity contribution in [1.29, 1.82) is 0 Å². The molecule has 3 heteroatoms. The van der Waals surface area contributed by atoms with Gasteiger partial charge < -0.3 is 15.6 Å².